The third-order valence-electron chi connectivity index (χ3n) is 4.25. The molecule has 2 heterocycles. The van der Waals surface area contributed by atoms with Crippen LogP contribution in [0.3, 0.4) is 0 Å². The van der Waals surface area contributed by atoms with E-state index in [2.05, 4.69) is 28.4 Å². The van der Waals surface area contributed by atoms with Gasteiger partial charge in [0.2, 0.25) is 0 Å². The first kappa shape index (κ1) is 17.1. The minimum Gasteiger partial charge on any atom is -0.468 e. The molecule has 2 aromatic heterocycles. The molecular formula is C18H19Cl2N3O. The van der Waals surface area contributed by atoms with Crippen molar-refractivity contribution in [2.45, 2.75) is 32.7 Å². The third-order valence-corrected chi connectivity index (χ3v) is 4.80. The molecule has 0 unspecified atom stereocenters. The van der Waals surface area contributed by atoms with Crippen LogP contribution in [-0.2, 0) is 0 Å². The van der Waals surface area contributed by atoms with Gasteiger partial charge in [0, 0.05) is 22.8 Å². The lowest BCUT2D eigenvalue weighted by atomic mass is 10.1. The summed E-state index contributed by atoms with van der Waals surface area (Å²) in [5, 5.41) is 1.15. The lowest BCUT2D eigenvalue weighted by Gasteiger charge is -2.17. The summed E-state index contributed by atoms with van der Waals surface area (Å²) in [7, 11) is 1.64. The molecule has 3 aromatic rings. The number of ether oxygens (including phenoxy) is 1. The number of fused-ring (bicyclic) bond motifs is 1. The molecule has 6 heteroatoms. The molecule has 4 nitrogen and oxygen atoms in total. The van der Waals surface area contributed by atoms with E-state index in [-0.39, 0.29) is 0 Å². The summed E-state index contributed by atoms with van der Waals surface area (Å²) >= 11 is 12.4. The molecule has 3 rings (SSSR count). The Hall–Kier alpha value is -1.78. The Labute approximate surface area is 151 Å². The van der Waals surface area contributed by atoms with E-state index in [0.717, 1.165) is 35.1 Å². The van der Waals surface area contributed by atoms with E-state index in [1.165, 1.54) is 0 Å². The van der Waals surface area contributed by atoms with Crippen LogP contribution in [0.1, 0.15) is 32.7 Å². The Morgan fingerprint density at radius 3 is 2.54 bits per heavy atom. The molecule has 126 valence electrons. The molecule has 0 atom stereocenters. The van der Waals surface area contributed by atoms with Crippen LogP contribution < -0.4 is 4.74 Å². The lowest BCUT2D eigenvalue weighted by Crippen LogP contribution is -2.08. The highest BCUT2D eigenvalue weighted by molar-refractivity contribution is 6.36. The van der Waals surface area contributed by atoms with Crippen molar-refractivity contribution < 1.29 is 4.74 Å². The Morgan fingerprint density at radius 2 is 1.92 bits per heavy atom. The van der Waals surface area contributed by atoms with Gasteiger partial charge in [0.05, 0.1) is 23.3 Å². The van der Waals surface area contributed by atoms with Crippen molar-refractivity contribution in [1.29, 1.82) is 0 Å². The van der Waals surface area contributed by atoms with Crippen LogP contribution in [0.5, 0.6) is 6.01 Å². The average Bonchev–Trinajstić information content (AvgIpc) is 2.95. The highest BCUT2D eigenvalue weighted by Gasteiger charge is 2.21. The van der Waals surface area contributed by atoms with Crippen molar-refractivity contribution in [3.8, 4) is 17.3 Å². The van der Waals surface area contributed by atoms with Gasteiger partial charge >= 0.3 is 0 Å². The zero-order valence-corrected chi connectivity index (χ0v) is 15.4. The zero-order chi connectivity index (χ0) is 17.3. The molecule has 0 bridgehead atoms. The highest BCUT2D eigenvalue weighted by Crippen LogP contribution is 2.36. The van der Waals surface area contributed by atoms with E-state index in [1.54, 1.807) is 25.4 Å². The minimum absolute atomic E-state index is 0.320. The number of benzene rings is 1. The van der Waals surface area contributed by atoms with Gasteiger partial charge in [0.1, 0.15) is 5.52 Å². The molecule has 0 amide bonds. The number of imidazole rings is 1. The van der Waals surface area contributed by atoms with Gasteiger partial charge in [-0.25, -0.2) is 0 Å². The standard InChI is InChI=1S/C18H19Cl2N3O/c1-4-12(5-2)23-15-8-9-21-16(17(15)22-18(23)24-3)13-7-6-11(19)10-14(13)20/h6-10,12H,4-5H2,1-3H3. The van der Waals surface area contributed by atoms with Crippen molar-refractivity contribution >= 4 is 34.2 Å². The molecule has 0 aliphatic carbocycles. The van der Waals surface area contributed by atoms with Crippen molar-refractivity contribution in [1.82, 2.24) is 14.5 Å². The van der Waals surface area contributed by atoms with E-state index in [1.807, 2.05) is 12.1 Å². The van der Waals surface area contributed by atoms with Crippen LogP contribution in [0.2, 0.25) is 10.0 Å². The van der Waals surface area contributed by atoms with Crippen LogP contribution in [0.4, 0.5) is 0 Å². The van der Waals surface area contributed by atoms with Gasteiger partial charge in [0.15, 0.2) is 0 Å². The first-order chi connectivity index (χ1) is 11.6. The average molecular weight is 364 g/mol. The summed E-state index contributed by atoms with van der Waals surface area (Å²) < 4.78 is 7.67. The molecular weight excluding hydrogens is 345 g/mol. The normalized spacial score (nSPS) is 11.4. The molecule has 0 aliphatic heterocycles. The number of pyridine rings is 1. The second kappa shape index (κ2) is 6.99. The maximum Gasteiger partial charge on any atom is 0.297 e. The van der Waals surface area contributed by atoms with Crippen LogP contribution in [0, 0.1) is 0 Å². The fourth-order valence-electron chi connectivity index (χ4n) is 3.03. The maximum atomic E-state index is 6.37. The Balaban J connectivity index is 2.28. The van der Waals surface area contributed by atoms with Gasteiger partial charge in [-0.15, -0.1) is 0 Å². The Bertz CT molecular complexity index is 872. The summed E-state index contributed by atoms with van der Waals surface area (Å²) in [6.07, 6.45) is 3.78. The number of nitrogens with zero attached hydrogens (tertiary/aromatic N) is 3. The van der Waals surface area contributed by atoms with Crippen LogP contribution in [0.15, 0.2) is 30.5 Å². The van der Waals surface area contributed by atoms with E-state index < -0.39 is 0 Å². The largest absolute Gasteiger partial charge is 0.468 e. The number of hydrogen-bond acceptors (Lipinski definition) is 3. The van der Waals surface area contributed by atoms with Crippen LogP contribution >= 0.6 is 23.2 Å². The molecule has 0 spiro atoms. The minimum atomic E-state index is 0.320. The molecule has 0 radical (unpaired) electrons. The summed E-state index contributed by atoms with van der Waals surface area (Å²) in [4.78, 5) is 9.18. The number of halogens is 2. The second-order valence-electron chi connectivity index (χ2n) is 5.59. The second-order valence-corrected chi connectivity index (χ2v) is 6.43. The summed E-state index contributed by atoms with van der Waals surface area (Å²) in [5.74, 6) is 0. The molecule has 1 aromatic carbocycles. The number of aromatic nitrogens is 3. The predicted molar refractivity (Wildman–Crippen MR) is 99.2 cm³/mol. The van der Waals surface area contributed by atoms with E-state index in [0.29, 0.717) is 22.1 Å². The first-order valence-electron chi connectivity index (χ1n) is 7.97. The lowest BCUT2D eigenvalue weighted by molar-refractivity contribution is 0.333. The molecule has 0 saturated heterocycles. The van der Waals surface area contributed by atoms with Crippen LogP contribution in [-0.4, -0.2) is 21.6 Å². The van der Waals surface area contributed by atoms with Gasteiger partial charge in [-0.3, -0.25) is 9.55 Å². The van der Waals surface area contributed by atoms with Crippen molar-refractivity contribution in [2.75, 3.05) is 7.11 Å². The third kappa shape index (κ3) is 2.85. The van der Waals surface area contributed by atoms with Gasteiger partial charge < -0.3 is 4.74 Å². The molecule has 24 heavy (non-hydrogen) atoms. The molecule has 0 fully saturated rings. The number of rotatable bonds is 5. The monoisotopic (exact) mass is 363 g/mol. The van der Waals surface area contributed by atoms with Gasteiger partial charge in [-0.2, -0.15) is 4.98 Å². The molecule has 0 N–H and O–H groups in total. The number of hydrogen-bond donors (Lipinski definition) is 0. The van der Waals surface area contributed by atoms with E-state index in [4.69, 9.17) is 27.9 Å². The topological polar surface area (TPSA) is 39.9 Å². The SMILES string of the molecule is CCC(CC)n1c(OC)nc2c(-c3ccc(Cl)cc3Cl)nccc21. The van der Waals surface area contributed by atoms with Crippen LogP contribution in [0.25, 0.3) is 22.3 Å². The highest BCUT2D eigenvalue weighted by atomic mass is 35.5. The number of methoxy groups -OCH3 is 1. The maximum absolute atomic E-state index is 6.37. The van der Waals surface area contributed by atoms with Crippen molar-refractivity contribution in [3.63, 3.8) is 0 Å². The van der Waals surface area contributed by atoms with Gasteiger partial charge in [-0.05, 0) is 37.1 Å². The summed E-state index contributed by atoms with van der Waals surface area (Å²) in [6.45, 7) is 4.33. The zero-order valence-electron chi connectivity index (χ0n) is 13.9. The predicted octanol–water partition coefficient (Wildman–Crippen LogP) is 5.77. The summed E-state index contributed by atoms with van der Waals surface area (Å²) in [6, 6.07) is 8.27. The quantitative estimate of drug-likeness (QED) is 0.577. The van der Waals surface area contributed by atoms with Crippen molar-refractivity contribution in [3.05, 3.63) is 40.5 Å². The van der Waals surface area contributed by atoms with E-state index >= 15 is 0 Å². The Morgan fingerprint density at radius 1 is 1.17 bits per heavy atom. The summed E-state index contributed by atoms with van der Waals surface area (Å²) in [5.41, 5.74) is 3.32. The van der Waals surface area contributed by atoms with E-state index in [9.17, 15) is 0 Å². The van der Waals surface area contributed by atoms with Gasteiger partial charge in [0.25, 0.3) is 6.01 Å². The van der Waals surface area contributed by atoms with Gasteiger partial charge in [-0.1, -0.05) is 37.0 Å². The van der Waals surface area contributed by atoms with Crippen molar-refractivity contribution in [2.24, 2.45) is 0 Å². The Kier molecular flexibility index (Phi) is 4.97. The smallest absolute Gasteiger partial charge is 0.297 e. The first-order valence-corrected chi connectivity index (χ1v) is 8.72. The fourth-order valence-corrected chi connectivity index (χ4v) is 3.53. The fraction of sp³-hybridized carbons (Fsp3) is 0.333. The molecule has 0 saturated carbocycles. The molecule has 0 aliphatic rings.